The largest absolute Gasteiger partial charge is 0.468 e. The second kappa shape index (κ2) is 6.84. The zero-order valence-corrected chi connectivity index (χ0v) is 13.3. The van der Waals surface area contributed by atoms with E-state index in [2.05, 4.69) is 30.7 Å². The molecule has 3 aromatic rings. The van der Waals surface area contributed by atoms with Crippen molar-refractivity contribution in [1.29, 1.82) is 0 Å². The van der Waals surface area contributed by atoms with Crippen molar-refractivity contribution in [3.63, 3.8) is 0 Å². The van der Waals surface area contributed by atoms with Gasteiger partial charge in [-0.1, -0.05) is 0 Å². The maximum absolute atomic E-state index is 5.80. The molecule has 1 atom stereocenters. The number of aryl methyl sites for hydroxylation is 1. The molecule has 1 unspecified atom stereocenters. The van der Waals surface area contributed by atoms with Crippen molar-refractivity contribution in [2.24, 2.45) is 0 Å². The Hall–Kier alpha value is -2.67. The first kappa shape index (κ1) is 14.9. The second-order valence-corrected chi connectivity index (χ2v) is 5.81. The van der Waals surface area contributed by atoms with Crippen molar-refractivity contribution in [1.82, 2.24) is 24.6 Å². The van der Waals surface area contributed by atoms with E-state index in [0.29, 0.717) is 12.6 Å². The Morgan fingerprint density at radius 2 is 2.08 bits per heavy atom. The van der Waals surface area contributed by atoms with E-state index in [1.807, 2.05) is 18.3 Å². The summed E-state index contributed by atoms with van der Waals surface area (Å²) < 4.78 is 13.4. The summed E-state index contributed by atoms with van der Waals surface area (Å²) in [5.41, 5.74) is 1.21. The van der Waals surface area contributed by atoms with E-state index in [-0.39, 0.29) is 6.04 Å². The molecule has 0 saturated carbocycles. The van der Waals surface area contributed by atoms with Gasteiger partial charge in [-0.15, -0.1) is 0 Å². The average molecular weight is 325 g/mol. The minimum atomic E-state index is 0.237. The maximum atomic E-state index is 5.80. The van der Waals surface area contributed by atoms with Gasteiger partial charge in [-0.25, -0.2) is 9.97 Å². The first-order chi connectivity index (χ1) is 11.9. The lowest BCUT2D eigenvalue weighted by Crippen LogP contribution is -2.38. The summed E-state index contributed by atoms with van der Waals surface area (Å²) in [4.78, 5) is 10.6. The van der Waals surface area contributed by atoms with E-state index in [1.54, 1.807) is 24.7 Å². The lowest BCUT2D eigenvalue weighted by Gasteiger charge is -2.28. The van der Waals surface area contributed by atoms with Crippen molar-refractivity contribution < 1.29 is 9.15 Å². The molecule has 124 valence electrons. The second-order valence-electron chi connectivity index (χ2n) is 5.81. The highest BCUT2D eigenvalue weighted by atomic mass is 16.5. The normalized spacial score (nSPS) is 18.1. The molecule has 0 aromatic carbocycles. The monoisotopic (exact) mass is 325 g/mol. The van der Waals surface area contributed by atoms with Crippen LogP contribution in [0.4, 0.5) is 0 Å². The third kappa shape index (κ3) is 3.30. The SMILES string of the molecule is c1cnc(OCC2CCn3nccc3CN2Cc2ccco2)nc1. The Morgan fingerprint density at radius 1 is 1.17 bits per heavy atom. The van der Waals surface area contributed by atoms with E-state index in [4.69, 9.17) is 9.15 Å². The van der Waals surface area contributed by atoms with Gasteiger partial charge in [-0.05, 0) is 30.7 Å². The number of furan rings is 1. The van der Waals surface area contributed by atoms with Crippen molar-refractivity contribution in [2.75, 3.05) is 6.61 Å². The van der Waals surface area contributed by atoms with Gasteiger partial charge in [0.05, 0.1) is 18.5 Å². The predicted molar refractivity (Wildman–Crippen MR) is 86.1 cm³/mol. The van der Waals surface area contributed by atoms with Crippen molar-refractivity contribution in [3.8, 4) is 6.01 Å². The molecule has 3 aromatic heterocycles. The molecule has 0 amide bonds. The highest BCUT2D eigenvalue weighted by molar-refractivity contribution is 5.05. The maximum Gasteiger partial charge on any atom is 0.316 e. The molecule has 0 saturated heterocycles. The van der Waals surface area contributed by atoms with Crippen LogP contribution in [0.5, 0.6) is 6.01 Å². The smallest absolute Gasteiger partial charge is 0.316 e. The number of hydrogen-bond acceptors (Lipinski definition) is 6. The fourth-order valence-corrected chi connectivity index (χ4v) is 2.99. The fraction of sp³-hybridized carbons (Fsp3) is 0.353. The summed E-state index contributed by atoms with van der Waals surface area (Å²) >= 11 is 0. The lowest BCUT2D eigenvalue weighted by atomic mass is 10.2. The molecule has 1 aliphatic heterocycles. The van der Waals surface area contributed by atoms with Gasteiger partial charge < -0.3 is 9.15 Å². The molecule has 0 aliphatic carbocycles. The molecule has 0 spiro atoms. The zero-order chi connectivity index (χ0) is 16.2. The number of fused-ring (bicyclic) bond motifs is 1. The van der Waals surface area contributed by atoms with Crippen LogP contribution in [-0.4, -0.2) is 37.3 Å². The minimum absolute atomic E-state index is 0.237. The quantitative estimate of drug-likeness (QED) is 0.716. The minimum Gasteiger partial charge on any atom is -0.468 e. The van der Waals surface area contributed by atoms with Crippen LogP contribution in [0.2, 0.25) is 0 Å². The van der Waals surface area contributed by atoms with Crippen molar-refractivity contribution >= 4 is 0 Å². The molecule has 0 radical (unpaired) electrons. The number of ether oxygens (including phenoxy) is 1. The molecule has 1 aliphatic rings. The van der Waals surface area contributed by atoms with Crippen LogP contribution in [0.1, 0.15) is 17.9 Å². The standard InChI is InChI=1S/C17H19N5O2/c1-3-16(23-10-1)12-21-11-14-4-8-20-22(14)9-5-15(21)13-24-17-18-6-2-7-19-17/h1-4,6-8,10,15H,5,9,11-13H2. The van der Waals surface area contributed by atoms with Gasteiger partial charge in [0.2, 0.25) is 0 Å². The molecule has 4 rings (SSSR count). The van der Waals surface area contributed by atoms with E-state index >= 15 is 0 Å². The topological polar surface area (TPSA) is 69.2 Å². The third-order valence-corrected chi connectivity index (χ3v) is 4.25. The summed E-state index contributed by atoms with van der Waals surface area (Å²) in [5.74, 6) is 0.948. The van der Waals surface area contributed by atoms with Crippen LogP contribution in [0.3, 0.4) is 0 Å². The molecule has 4 heterocycles. The molecule has 0 fully saturated rings. The highest BCUT2D eigenvalue weighted by Crippen LogP contribution is 2.20. The van der Waals surface area contributed by atoms with E-state index in [9.17, 15) is 0 Å². The Bertz CT molecular complexity index is 756. The summed E-state index contributed by atoms with van der Waals surface area (Å²) in [6, 6.07) is 8.42. The predicted octanol–water partition coefficient (Wildman–Crippen LogP) is 2.12. The number of aromatic nitrogens is 4. The van der Waals surface area contributed by atoms with Gasteiger partial charge in [0, 0.05) is 37.7 Å². The summed E-state index contributed by atoms with van der Waals surface area (Å²) in [5, 5.41) is 4.40. The average Bonchev–Trinajstić information content (AvgIpc) is 3.25. The van der Waals surface area contributed by atoms with Gasteiger partial charge in [-0.3, -0.25) is 9.58 Å². The Labute approximate surface area is 139 Å². The van der Waals surface area contributed by atoms with Crippen molar-refractivity contribution in [3.05, 3.63) is 60.6 Å². The van der Waals surface area contributed by atoms with E-state index in [0.717, 1.165) is 31.8 Å². The van der Waals surface area contributed by atoms with Crippen LogP contribution >= 0.6 is 0 Å². The Kier molecular flexibility index (Phi) is 4.24. The first-order valence-electron chi connectivity index (χ1n) is 8.05. The summed E-state index contributed by atoms with van der Waals surface area (Å²) in [7, 11) is 0. The Morgan fingerprint density at radius 3 is 2.92 bits per heavy atom. The number of rotatable bonds is 5. The van der Waals surface area contributed by atoms with Crippen LogP contribution in [0, 0.1) is 0 Å². The van der Waals surface area contributed by atoms with Crippen LogP contribution in [-0.2, 0) is 19.6 Å². The molecule has 0 bridgehead atoms. The number of hydrogen-bond donors (Lipinski definition) is 0. The van der Waals surface area contributed by atoms with Gasteiger partial charge in [0.1, 0.15) is 12.4 Å². The molecule has 24 heavy (non-hydrogen) atoms. The van der Waals surface area contributed by atoms with Crippen molar-refractivity contribution in [2.45, 2.75) is 32.1 Å². The first-order valence-corrected chi connectivity index (χ1v) is 8.05. The van der Waals surface area contributed by atoms with Gasteiger partial charge in [-0.2, -0.15) is 5.10 Å². The van der Waals surface area contributed by atoms with Gasteiger partial charge in [0.15, 0.2) is 0 Å². The lowest BCUT2D eigenvalue weighted by molar-refractivity contribution is 0.106. The third-order valence-electron chi connectivity index (χ3n) is 4.25. The van der Waals surface area contributed by atoms with E-state index < -0.39 is 0 Å². The summed E-state index contributed by atoms with van der Waals surface area (Å²) in [6.07, 6.45) is 7.88. The van der Waals surface area contributed by atoms with Crippen LogP contribution < -0.4 is 4.74 Å². The zero-order valence-electron chi connectivity index (χ0n) is 13.3. The molecular formula is C17H19N5O2. The molecule has 7 nitrogen and oxygen atoms in total. The Balaban J connectivity index is 1.50. The van der Waals surface area contributed by atoms with Gasteiger partial charge in [0.25, 0.3) is 0 Å². The molecule has 0 N–H and O–H groups in total. The highest BCUT2D eigenvalue weighted by Gasteiger charge is 2.25. The molecule has 7 heteroatoms. The molecular weight excluding hydrogens is 306 g/mol. The van der Waals surface area contributed by atoms with Crippen LogP contribution in [0.25, 0.3) is 0 Å². The fourth-order valence-electron chi connectivity index (χ4n) is 2.99. The van der Waals surface area contributed by atoms with E-state index in [1.165, 1.54) is 5.69 Å². The van der Waals surface area contributed by atoms with Gasteiger partial charge >= 0.3 is 6.01 Å². The van der Waals surface area contributed by atoms with Crippen LogP contribution in [0.15, 0.2) is 53.5 Å². The number of nitrogens with zero attached hydrogens (tertiary/aromatic N) is 5. The summed E-state index contributed by atoms with van der Waals surface area (Å²) in [6.45, 7) is 2.96.